The first-order valence-electron chi connectivity index (χ1n) is 9.06. The molecule has 0 bridgehead atoms. The molecule has 1 aromatic rings. The second kappa shape index (κ2) is 12.1. The van der Waals surface area contributed by atoms with Crippen LogP contribution < -0.4 is 16.2 Å². The predicted molar refractivity (Wildman–Crippen MR) is 99.0 cm³/mol. The quantitative estimate of drug-likeness (QED) is 0.447. The summed E-state index contributed by atoms with van der Waals surface area (Å²) in [5, 5.41) is 2.76. The van der Waals surface area contributed by atoms with Crippen LogP contribution in [0.5, 0.6) is 0 Å². The fourth-order valence-electron chi connectivity index (χ4n) is 2.31. The standard InChI is InChI=1S/C19H29N3O3/c1-3-5-6-7-8-10-18(24)21-22-19(25)15-11-13-16(14-12-15)20-17(23)9-4-2/h11-14H,3-10H2,1-2H3,(H,20,23)(H,21,24)(H,22,25). The third kappa shape index (κ3) is 8.88. The van der Waals surface area contributed by atoms with Gasteiger partial charge < -0.3 is 5.32 Å². The van der Waals surface area contributed by atoms with Crippen LogP contribution in [0.2, 0.25) is 0 Å². The lowest BCUT2D eigenvalue weighted by molar-refractivity contribution is -0.122. The highest BCUT2D eigenvalue weighted by Gasteiger charge is 2.08. The van der Waals surface area contributed by atoms with Crippen molar-refractivity contribution in [3.63, 3.8) is 0 Å². The summed E-state index contributed by atoms with van der Waals surface area (Å²) in [5.41, 5.74) is 5.89. The Morgan fingerprint density at radius 1 is 0.760 bits per heavy atom. The van der Waals surface area contributed by atoms with Gasteiger partial charge in [0.05, 0.1) is 0 Å². The molecule has 0 radical (unpaired) electrons. The number of carbonyl (C=O) groups excluding carboxylic acids is 3. The zero-order valence-electron chi connectivity index (χ0n) is 15.2. The summed E-state index contributed by atoms with van der Waals surface area (Å²) in [4.78, 5) is 35.2. The van der Waals surface area contributed by atoms with Crippen molar-refractivity contribution in [2.24, 2.45) is 0 Å². The summed E-state index contributed by atoms with van der Waals surface area (Å²) in [5.74, 6) is -0.620. The summed E-state index contributed by atoms with van der Waals surface area (Å²) >= 11 is 0. The summed E-state index contributed by atoms with van der Waals surface area (Å²) in [6.45, 7) is 4.08. The van der Waals surface area contributed by atoms with E-state index in [1.807, 2.05) is 6.92 Å². The maximum absolute atomic E-state index is 12.0. The molecular weight excluding hydrogens is 318 g/mol. The summed E-state index contributed by atoms with van der Waals surface area (Å²) in [7, 11) is 0. The average Bonchev–Trinajstić information content (AvgIpc) is 2.60. The fourth-order valence-corrected chi connectivity index (χ4v) is 2.31. The predicted octanol–water partition coefficient (Wildman–Crippen LogP) is 3.55. The van der Waals surface area contributed by atoms with Gasteiger partial charge in [-0.05, 0) is 37.1 Å². The zero-order valence-corrected chi connectivity index (χ0v) is 15.2. The normalized spacial score (nSPS) is 10.2. The molecule has 138 valence electrons. The second-order valence-corrected chi connectivity index (χ2v) is 6.04. The van der Waals surface area contributed by atoms with E-state index < -0.39 is 0 Å². The second-order valence-electron chi connectivity index (χ2n) is 6.04. The molecule has 0 atom stereocenters. The number of hydrogen-bond acceptors (Lipinski definition) is 3. The topological polar surface area (TPSA) is 87.3 Å². The van der Waals surface area contributed by atoms with Crippen LogP contribution in [0, 0.1) is 0 Å². The Morgan fingerprint density at radius 2 is 1.44 bits per heavy atom. The van der Waals surface area contributed by atoms with Crippen LogP contribution >= 0.6 is 0 Å². The Labute approximate surface area is 149 Å². The number of hydrazine groups is 1. The summed E-state index contributed by atoms with van der Waals surface area (Å²) in [6, 6.07) is 6.54. The van der Waals surface area contributed by atoms with Gasteiger partial charge >= 0.3 is 0 Å². The first kappa shape index (κ1) is 20.7. The SMILES string of the molecule is CCCCCCCC(=O)NNC(=O)c1ccc(NC(=O)CCC)cc1. The van der Waals surface area contributed by atoms with Crippen LogP contribution in [0.3, 0.4) is 0 Å². The van der Waals surface area contributed by atoms with E-state index in [0.29, 0.717) is 24.1 Å². The van der Waals surface area contributed by atoms with Crippen molar-refractivity contribution < 1.29 is 14.4 Å². The van der Waals surface area contributed by atoms with E-state index in [4.69, 9.17) is 0 Å². The number of unbranched alkanes of at least 4 members (excludes halogenated alkanes) is 4. The summed E-state index contributed by atoms with van der Waals surface area (Å²) in [6.07, 6.45) is 7.01. The number of anilines is 1. The highest BCUT2D eigenvalue weighted by Crippen LogP contribution is 2.10. The monoisotopic (exact) mass is 347 g/mol. The fraction of sp³-hybridized carbons (Fsp3) is 0.526. The molecule has 3 N–H and O–H groups in total. The van der Waals surface area contributed by atoms with Gasteiger partial charge in [-0.1, -0.05) is 39.5 Å². The van der Waals surface area contributed by atoms with Crippen LogP contribution in [-0.4, -0.2) is 17.7 Å². The van der Waals surface area contributed by atoms with Crippen molar-refractivity contribution in [3.8, 4) is 0 Å². The van der Waals surface area contributed by atoms with Crippen LogP contribution in [0.25, 0.3) is 0 Å². The number of benzene rings is 1. The molecule has 0 spiro atoms. The van der Waals surface area contributed by atoms with Crippen molar-refractivity contribution in [3.05, 3.63) is 29.8 Å². The molecule has 0 aliphatic heterocycles. The molecule has 0 saturated carbocycles. The number of amides is 3. The molecule has 0 unspecified atom stereocenters. The van der Waals surface area contributed by atoms with E-state index in [0.717, 1.165) is 25.7 Å². The largest absolute Gasteiger partial charge is 0.326 e. The molecule has 6 heteroatoms. The molecule has 0 saturated heterocycles. The Hall–Kier alpha value is -2.37. The van der Waals surface area contributed by atoms with Gasteiger partial charge in [-0.15, -0.1) is 0 Å². The van der Waals surface area contributed by atoms with Gasteiger partial charge in [0.15, 0.2) is 0 Å². The van der Waals surface area contributed by atoms with Gasteiger partial charge in [0, 0.05) is 24.1 Å². The van der Waals surface area contributed by atoms with Crippen LogP contribution in [0.4, 0.5) is 5.69 Å². The minimum absolute atomic E-state index is 0.0501. The van der Waals surface area contributed by atoms with Crippen LogP contribution in [0.15, 0.2) is 24.3 Å². The van der Waals surface area contributed by atoms with Gasteiger partial charge in [-0.25, -0.2) is 0 Å². The smallest absolute Gasteiger partial charge is 0.269 e. The van der Waals surface area contributed by atoms with Gasteiger partial charge in [-0.3, -0.25) is 25.2 Å². The Morgan fingerprint density at radius 3 is 2.08 bits per heavy atom. The van der Waals surface area contributed by atoms with E-state index >= 15 is 0 Å². The molecule has 3 amide bonds. The highest BCUT2D eigenvalue weighted by molar-refractivity contribution is 5.96. The lowest BCUT2D eigenvalue weighted by Gasteiger charge is -2.08. The van der Waals surface area contributed by atoms with Crippen molar-refractivity contribution >= 4 is 23.4 Å². The van der Waals surface area contributed by atoms with Gasteiger partial charge in [0.25, 0.3) is 5.91 Å². The van der Waals surface area contributed by atoms with Gasteiger partial charge in [0.2, 0.25) is 11.8 Å². The molecule has 0 heterocycles. The van der Waals surface area contributed by atoms with Crippen molar-refractivity contribution in [1.82, 2.24) is 10.9 Å². The molecule has 0 aromatic heterocycles. The minimum atomic E-state index is -0.384. The van der Waals surface area contributed by atoms with E-state index in [9.17, 15) is 14.4 Å². The molecule has 1 rings (SSSR count). The maximum Gasteiger partial charge on any atom is 0.269 e. The number of rotatable bonds is 10. The first-order chi connectivity index (χ1) is 12.1. The lowest BCUT2D eigenvalue weighted by atomic mass is 10.1. The molecule has 25 heavy (non-hydrogen) atoms. The number of carbonyl (C=O) groups is 3. The molecule has 0 aliphatic carbocycles. The molecule has 0 fully saturated rings. The van der Waals surface area contributed by atoms with Gasteiger partial charge in [0.1, 0.15) is 0 Å². The third-order valence-corrected chi connectivity index (χ3v) is 3.73. The molecule has 1 aromatic carbocycles. The highest BCUT2D eigenvalue weighted by atomic mass is 16.2. The molecular formula is C19H29N3O3. The van der Waals surface area contributed by atoms with E-state index in [-0.39, 0.29) is 17.7 Å². The summed E-state index contributed by atoms with van der Waals surface area (Å²) < 4.78 is 0. The Bertz CT molecular complexity index is 556. The zero-order chi connectivity index (χ0) is 18.5. The molecule has 6 nitrogen and oxygen atoms in total. The lowest BCUT2D eigenvalue weighted by Crippen LogP contribution is -2.41. The van der Waals surface area contributed by atoms with Crippen molar-refractivity contribution in [1.29, 1.82) is 0 Å². The average molecular weight is 347 g/mol. The van der Waals surface area contributed by atoms with Crippen LogP contribution in [-0.2, 0) is 9.59 Å². The number of hydrogen-bond donors (Lipinski definition) is 3. The molecule has 0 aliphatic rings. The maximum atomic E-state index is 12.0. The minimum Gasteiger partial charge on any atom is -0.326 e. The van der Waals surface area contributed by atoms with E-state index in [2.05, 4.69) is 23.1 Å². The van der Waals surface area contributed by atoms with Crippen LogP contribution in [0.1, 0.15) is 75.6 Å². The van der Waals surface area contributed by atoms with E-state index in [1.54, 1.807) is 24.3 Å². The van der Waals surface area contributed by atoms with Gasteiger partial charge in [-0.2, -0.15) is 0 Å². The third-order valence-electron chi connectivity index (χ3n) is 3.73. The number of nitrogens with one attached hydrogen (secondary N) is 3. The first-order valence-corrected chi connectivity index (χ1v) is 9.06. The van der Waals surface area contributed by atoms with Crippen molar-refractivity contribution in [2.75, 3.05) is 5.32 Å². The Kier molecular flexibility index (Phi) is 9.97. The van der Waals surface area contributed by atoms with Crippen molar-refractivity contribution in [2.45, 2.75) is 65.2 Å². The Balaban J connectivity index is 2.32. The van der Waals surface area contributed by atoms with E-state index in [1.165, 1.54) is 12.8 Å².